The maximum absolute atomic E-state index is 5.82. The van der Waals surface area contributed by atoms with E-state index in [-0.39, 0.29) is 6.04 Å². The molecule has 5 heteroatoms. The van der Waals surface area contributed by atoms with Crippen LogP contribution in [0, 0.1) is 3.57 Å². The van der Waals surface area contributed by atoms with Crippen LogP contribution < -0.4 is 16.0 Å². The standard InChI is InChI=1S/C15H14BrIN2O/c16-13-5-4-10(17)8-12(13)14(19-18)11-3-1-2-9-6-7-20-15(9)11/h1-5,8,14,19H,6-7,18H2. The Balaban J connectivity index is 2.11. The van der Waals surface area contributed by atoms with Crippen molar-refractivity contribution in [2.45, 2.75) is 12.5 Å². The van der Waals surface area contributed by atoms with Crippen molar-refractivity contribution in [2.75, 3.05) is 6.61 Å². The number of hydrogen-bond acceptors (Lipinski definition) is 3. The van der Waals surface area contributed by atoms with Gasteiger partial charge in [0.15, 0.2) is 0 Å². The molecule has 0 aromatic heterocycles. The van der Waals surface area contributed by atoms with Crippen molar-refractivity contribution in [2.24, 2.45) is 5.84 Å². The molecule has 104 valence electrons. The van der Waals surface area contributed by atoms with Gasteiger partial charge in [-0.2, -0.15) is 0 Å². The van der Waals surface area contributed by atoms with Crippen molar-refractivity contribution >= 4 is 38.5 Å². The Morgan fingerprint density at radius 2 is 2.10 bits per heavy atom. The van der Waals surface area contributed by atoms with Crippen LogP contribution in [0.15, 0.2) is 40.9 Å². The van der Waals surface area contributed by atoms with Crippen molar-refractivity contribution < 1.29 is 4.74 Å². The molecule has 20 heavy (non-hydrogen) atoms. The first-order valence-electron chi connectivity index (χ1n) is 6.36. The molecule has 1 atom stereocenters. The van der Waals surface area contributed by atoms with E-state index in [0.29, 0.717) is 0 Å². The lowest BCUT2D eigenvalue weighted by molar-refractivity contribution is 0.350. The fourth-order valence-electron chi connectivity index (χ4n) is 2.55. The number of benzene rings is 2. The molecule has 1 unspecified atom stereocenters. The van der Waals surface area contributed by atoms with E-state index in [2.05, 4.69) is 74.3 Å². The second-order valence-corrected chi connectivity index (χ2v) is 6.80. The number of nitrogens with two attached hydrogens (primary N) is 1. The molecule has 0 bridgehead atoms. The zero-order valence-corrected chi connectivity index (χ0v) is 14.4. The van der Waals surface area contributed by atoms with E-state index >= 15 is 0 Å². The second-order valence-electron chi connectivity index (χ2n) is 4.70. The zero-order chi connectivity index (χ0) is 14.1. The molecule has 0 aliphatic carbocycles. The molecule has 0 saturated heterocycles. The Hall–Kier alpha value is -0.630. The Bertz CT molecular complexity index is 648. The highest BCUT2D eigenvalue weighted by Gasteiger charge is 2.24. The summed E-state index contributed by atoms with van der Waals surface area (Å²) in [6.45, 7) is 0.747. The molecule has 3 nitrogen and oxygen atoms in total. The van der Waals surface area contributed by atoms with Crippen LogP contribution in [0.2, 0.25) is 0 Å². The highest BCUT2D eigenvalue weighted by Crippen LogP contribution is 2.38. The van der Waals surface area contributed by atoms with Crippen LogP contribution in [0.4, 0.5) is 0 Å². The quantitative estimate of drug-likeness (QED) is 0.432. The molecule has 2 aromatic rings. The van der Waals surface area contributed by atoms with Crippen LogP contribution in [0.1, 0.15) is 22.7 Å². The van der Waals surface area contributed by atoms with Gasteiger partial charge in [-0.15, -0.1) is 0 Å². The molecular formula is C15H14BrIN2O. The number of nitrogens with one attached hydrogen (secondary N) is 1. The first-order valence-corrected chi connectivity index (χ1v) is 8.23. The third-order valence-corrected chi connectivity index (χ3v) is 4.88. The number of hydrogen-bond donors (Lipinski definition) is 2. The summed E-state index contributed by atoms with van der Waals surface area (Å²) in [7, 11) is 0. The minimum atomic E-state index is -0.0906. The van der Waals surface area contributed by atoms with Gasteiger partial charge in [0.2, 0.25) is 0 Å². The van der Waals surface area contributed by atoms with E-state index in [9.17, 15) is 0 Å². The average molecular weight is 445 g/mol. The van der Waals surface area contributed by atoms with Crippen LogP contribution in [0.3, 0.4) is 0 Å². The summed E-state index contributed by atoms with van der Waals surface area (Å²) in [5.74, 6) is 6.79. The van der Waals surface area contributed by atoms with Gasteiger partial charge in [-0.3, -0.25) is 5.84 Å². The molecule has 0 radical (unpaired) electrons. The minimum absolute atomic E-state index is 0.0906. The Labute approximate surface area is 140 Å². The Kier molecular flexibility index (Phi) is 4.30. The van der Waals surface area contributed by atoms with Gasteiger partial charge < -0.3 is 4.74 Å². The second kappa shape index (κ2) is 6.01. The number of fused-ring (bicyclic) bond motifs is 1. The van der Waals surface area contributed by atoms with E-state index in [1.165, 1.54) is 9.13 Å². The SMILES string of the molecule is NNC(c1cc(I)ccc1Br)c1cccc2c1OCC2. The van der Waals surface area contributed by atoms with E-state index in [0.717, 1.165) is 34.4 Å². The summed E-state index contributed by atoms with van der Waals surface area (Å²) < 4.78 is 8.01. The van der Waals surface area contributed by atoms with Gasteiger partial charge in [-0.05, 0) is 51.9 Å². The van der Waals surface area contributed by atoms with Gasteiger partial charge in [0.1, 0.15) is 5.75 Å². The zero-order valence-electron chi connectivity index (χ0n) is 10.7. The van der Waals surface area contributed by atoms with Crippen LogP contribution in [0.25, 0.3) is 0 Å². The number of para-hydroxylation sites is 1. The molecule has 0 amide bonds. The molecule has 0 fully saturated rings. The smallest absolute Gasteiger partial charge is 0.127 e. The van der Waals surface area contributed by atoms with Crippen molar-refractivity contribution in [3.63, 3.8) is 0 Å². The normalized spacial score (nSPS) is 14.8. The highest BCUT2D eigenvalue weighted by atomic mass is 127. The van der Waals surface area contributed by atoms with Crippen LogP contribution in [-0.4, -0.2) is 6.61 Å². The van der Waals surface area contributed by atoms with E-state index in [1.807, 2.05) is 6.07 Å². The predicted octanol–water partition coefficient (Wildman–Crippen LogP) is 3.54. The molecule has 3 N–H and O–H groups in total. The van der Waals surface area contributed by atoms with Gasteiger partial charge in [-0.25, -0.2) is 5.43 Å². The molecular weight excluding hydrogens is 431 g/mol. The average Bonchev–Trinajstić information content (AvgIpc) is 2.92. The summed E-state index contributed by atoms with van der Waals surface area (Å²) in [6.07, 6.45) is 0.966. The molecule has 1 heterocycles. The third-order valence-electron chi connectivity index (χ3n) is 3.49. The Morgan fingerprint density at radius 1 is 1.25 bits per heavy atom. The van der Waals surface area contributed by atoms with Crippen LogP contribution in [-0.2, 0) is 6.42 Å². The van der Waals surface area contributed by atoms with E-state index in [4.69, 9.17) is 10.6 Å². The van der Waals surface area contributed by atoms with E-state index < -0.39 is 0 Å². The van der Waals surface area contributed by atoms with Crippen molar-refractivity contribution in [3.8, 4) is 5.75 Å². The number of rotatable bonds is 3. The van der Waals surface area contributed by atoms with Crippen LogP contribution >= 0.6 is 38.5 Å². The van der Waals surface area contributed by atoms with Gasteiger partial charge in [0.25, 0.3) is 0 Å². The summed E-state index contributed by atoms with van der Waals surface area (Å²) in [5.41, 5.74) is 6.38. The first kappa shape index (κ1) is 14.3. The maximum atomic E-state index is 5.82. The van der Waals surface area contributed by atoms with Crippen LogP contribution in [0.5, 0.6) is 5.75 Å². The van der Waals surface area contributed by atoms with Crippen molar-refractivity contribution in [1.29, 1.82) is 0 Å². The largest absolute Gasteiger partial charge is 0.493 e. The summed E-state index contributed by atoms with van der Waals surface area (Å²) >= 11 is 5.92. The maximum Gasteiger partial charge on any atom is 0.127 e. The summed E-state index contributed by atoms with van der Waals surface area (Å²) in [5, 5.41) is 0. The molecule has 0 saturated carbocycles. The summed E-state index contributed by atoms with van der Waals surface area (Å²) in [4.78, 5) is 0. The van der Waals surface area contributed by atoms with E-state index in [1.54, 1.807) is 0 Å². The van der Waals surface area contributed by atoms with Crippen molar-refractivity contribution in [3.05, 3.63) is 61.1 Å². The molecule has 1 aliphatic rings. The van der Waals surface area contributed by atoms with Gasteiger partial charge in [0.05, 0.1) is 12.6 Å². The molecule has 2 aromatic carbocycles. The lowest BCUT2D eigenvalue weighted by Gasteiger charge is -2.21. The first-order chi connectivity index (χ1) is 9.70. The monoisotopic (exact) mass is 444 g/mol. The summed E-state index contributed by atoms with van der Waals surface area (Å²) in [6, 6.07) is 12.4. The number of ether oxygens (including phenoxy) is 1. The topological polar surface area (TPSA) is 47.3 Å². The molecule has 0 spiro atoms. The van der Waals surface area contributed by atoms with Crippen molar-refractivity contribution in [1.82, 2.24) is 5.43 Å². The lowest BCUT2D eigenvalue weighted by atomic mass is 9.96. The number of halogens is 2. The predicted molar refractivity (Wildman–Crippen MR) is 91.7 cm³/mol. The van der Waals surface area contributed by atoms with Gasteiger partial charge in [-0.1, -0.05) is 34.1 Å². The number of hydrazine groups is 1. The fraction of sp³-hybridized carbons (Fsp3) is 0.200. The third kappa shape index (κ3) is 2.59. The minimum Gasteiger partial charge on any atom is -0.493 e. The van der Waals surface area contributed by atoms with Gasteiger partial charge in [0, 0.05) is 20.0 Å². The fourth-order valence-corrected chi connectivity index (χ4v) is 3.54. The Morgan fingerprint density at radius 3 is 2.90 bits per heavy atom. The highest BCUT2D eigenvalue weighted by molar-refractivity contribution is 14.1. The molecule has 1 aliphatic heterocycles. The lowest BCUT2D eigenvalue weighted by Crippen LogP contribution is -2.29. The van der Waals surface area contributed by atoms with Gasteiger partial charge >= 0.3 is 0 Å². The molecule has 3 rings (SSSR count).